The number of pyridine rings is 1. The van der Waals surface area contributed by atoms with Gasteiger partial charge in [-0.1, -0.05) is 81.1 Å². The molecule has 4 fully saturated rings. The number of ether oxygens (including phenoxy) is 1. The lowest BCUT2D eigenvalue weighted by Gasteiger charge is -2.52. The number of carbonyl (C=O) groups excluding carboxylic acids is 1. The first-order valence-corrected chi connectivity index (χ1v) is 14.0. The van der Waals surface area contributed by atoms with E-state index in [9.17, 15) is 4.79 Å². The molecule has 1 unspecified atom stereocenters. The quantitative estimate of drug-likeness (QED) is 0.361. The van der Waals surface area contributed by atoms with Crippen LogP contribution in [0, 0.1) is 11.8 Å². The number of rotatable bonds is 6. The third kappa shape index (κ3) is 4.14. The molecule has 3 aliphatic heterocycles. The molecule has 7 rings (SSSR count). The zero-order valence-corrected chi connectivity index (χ0v) is 21.4. The van der Waals surface area contributed by atoms with Gasteiger partial charge in [0.2, 0.25) is 0 Å². The number of nitrogens with zero attached hydrogens (tertiary/aromatic N) is 2. The molecule has 188 valence electrons. The highest BCUT2D eigenvalue weighted by Crippen LogP contribution is 2.46. The summed E-state index contributed by atoms with van der Waals surface area (Å²) in [4.78, 5) is 21.6. The van der Waals surface area contributed by atoms with Gasteiger partial charge in [0.25, 0.3) is 0 Å². The van der Waals surface area contributed by atoms with E-state index in [-0.39, 0.29) is 18.1 Å². The minimum atomic E-state index is -0.546. The molecule has 5 atom stereocenters. The van der Waals surface area contributed by atoms with E-state index in [2.05, 4.69) is 65.3 Å². The lowest BCUT2D eigenvalue weighted by molar-refractivity contribution is -0.166. The topological polar surface area (TPSA) is 42.4 Å². The molecule has 4 aliphatic rings. The minimum absolute atomic E-state index is 0.0334. The fraction of sp³-hybridized carbons (Fsp3) is 0.500. The summed E-state index contributed by atoms with van der Waals surface area (Å²) in [6.07, 6.45) is 10.3. The van der Waals surface area contributed by atoms with E-state index in [1.165, 1.54) is 19.3 Å². The maximum absolute atomic E-state index is 14.4. The van der Waals surface area contributed by atoms with E-state index < -0.39 is 5.41 Å². The summed E-state index contributed by atoms with van der Waals surface area (Å²) in [6, 6.07) is 21.0. The van der Waals surface area contributed by atoms with Crippen LogP contribution in [0.3, 0.4) is 0 Å². The molecule has 36 heavy (non-hydrogen) atoms. The van der Waals surface area contributed by atoms with E-state index in [4.69, 9.17) is 4.74 Å². The van der Waals surface area contributed by atoms with Crippen molar-refractivity contribution in [2.75, 3.05) is 13.1 Å². The zero-order valence-electron chi connectivity index (χ0n) is 21.4. The van der Waals surface area contributed by atoms with Crippen molar-refractivity contribution in [2.45, 2.75) is 75.9 Å². The normalized spacial score (nSPS) is 28.0. The van der Waals surface area contributed by atoms with Crippen molar-refractivity contribution in [1.29, 1.82) is 0 Å². The minimum Gasteiger partial charge on any atom is -0.455 e. The number of piperidine rings is 3. The van der Waals surface area contributed by atoms with Gasteiger partial charge in [0, 0.05) is 23.7 Å². The van der Waals surface area contributed by atoms with E-state index >= 15 is 0 Å². The Hall–Kier alpha value is -2.72. The van der Waals surface area contributed by atoms with Gasteiger partial charge < -0.3 is 4.74 Å². The highest BCUT2D eigenvalue weighted by molar-refractivity contribution is 5.85. The van der Waals surface area contributed by atoms with Crippen molar-refractivity contribution in [3.05, 3.63) is 78.0 Å². The fourth-order valence-corrected chi connectivity index (χ4v) is 7.42. The Bertz CT molecular complexity index is 1200. The molecule has 1 saturated carbocycles. The summed E-state index contributed by atoms with van der Waals surface area (Å²) in [5.41, 5.74) is 2.65. The van der Waals surface area contributed by atoms with Crippen LogP contribution >= 0.6 is 0 Å². The molecule has 4 heteroatoms. The number of hydrogen-bond acceptors (Lipinski definition) is 4. The van der Waals surface area contributed by atoms with Gasteiger partial charge in [0.1, 0.15) is 6.10 Å². The molecular weight excluding hydrogens is 444 g/mol. The largest absolute Gasteiger partial charge is 0.455 e. The molecular formula is C32H38N2O2. The van der Waals surface area contributed by atoms with Crippen LogP contribution in [0.15, 0.2) is 66.9 Å². The predicted octanol–water partition coefficient (Wildman–Crippen LogP) is 6.84. The molecule has 3 saturated heterocycles. The summed E-state index contributed by atoms with van der Waals surface area (Å²) in [7, 11) is 0. The molecule has 3 aromatic rings. The monoisotopic (exact) mass is 482 g/mol. The van der Waals surface area contributed by atoms with Gasteiger partial charge in [-0.2, -0.15) is 0 Å². The van der Waals surface area contributed by atoms with Crippen LogP contribution in [0.25, 0.3) is 10.9 Å². The lowest BCUT2D eigenvalue weighted by atomic mass is 9.69. The number of para-hydroxylation sites is 1. The van der Waals surface area contributed by atoms with Crippen LogP contribution in [0.1, 0.15) is 75.5 Å². The number of fused-ring (bicyclic) bond motifs is 4. The Morgan fingerprint density at radius 1 is 1.06 bits per heavy atom. The van der Waals surface area contributed by atoms with Gasteiger partial charge in [-0.3, -0.25) is 14.7 Å². The lowest BCUT2D eigenvalue weighted by Crippen LogP contribution is -2.56. The standard InChI is InChI=1S/C32H38N2O2/c1-2-23-22-34-20-16-24(23)21-29(34)30(27-15-19-33-28-14-8-7-13-26(27)28)36-31(35)32(17-9-4-10-18-32)25-11-5-3-6-12-25/h3,5-8,11-15,19,23-24,29-30H,2,4,9-10,16-18,20-22H2,1H3/t23-,24-,29-,30+/m0/s1. The zero-order chi connectivity index (χ0) is 24.5. The van der Waals surface area contributed by atoms with Crippen LogP contribution in [0.4, 0.5) is 0 Å². The summed E-state index contributed by atoms with van der Waals surface area (Å²) >= 11 is 0. The SMILES string of the molecule is CC[C@H]1CN2CC[C@H]1C[C@H]2[C@H](OC(=O)C1(c2ccccc2)CCCCC1)c1ccnc2ccccc12. The van der Waals surface area contributed by atoms with Gasteiger partial charge in [-0.25, -0.2) is 0 Å². The van der Waals surface area contributed by atoms with E-state index in [0.29, 0.717) is 0 Å². The average Bonchev–Trinajstić information content (AvgIpc) is 2.96. The molecule has 2 aromatic carbocycles. The second-order valence-corrected chi connectivity index (χ2v) is 11.3. The summed E-state index contributed by atoms with van der Waals surface area (Å²) in [5, 5.41) is 1.10. The average molecular weight is 483 g/mol. The van der Waals surface area contributed by atoms with Crippen molar-refractivity contribution in [2.24, 2.45) is 11.8 Å². The highest BCUT2D eigenvalue weighted by Gasteiger charge is 2.48. The summed E-state index contributed by atoms with van der Waals surface area (Å²) in [6.45, 7) is 4.54. The molecule has 4 heterocycles. The maximum Gasteiger partial charge on any atom is 0.317 e. The molecule has 0 N–H and O–H groups in total. The van der Waals surface area contributed by atoms with Crippen molar-refractivity contribution in [3.63, 3.8) is 0 Å². The molecule has 1 aliphatic carbocycles. The van der Waals surface area contributed by atoms with Crippen molar-refractivity contribution >= 4 is 16.9 Å². The van der Waals surface area contributed by atoms with E-state index in [1.54, 1.807) is 0 Å². The number of carbonyl (C=O) groups is 1. The maximum atomic E-state index is 14.4. The molecule has 2 bridgehead atoms. The Balaban J connectivity index is 1.40. The Labute approximate surface area is 215 Å². The molecule has 0 radical (unpaired) electrons. The number of hydrogen-bond donors (Lipinski definition) is 0. The summed E-state index contributed by atoms with van der Waals surface area (Å²) < 4.78 is 6.79. The Morgan fingerprint density at radius 3 is 2.58 bits per heavy atom. The molecule has 0 spiro atoms. The van der Waals surface area contributed by atoms with Crippen LogP contribution in [-0.4, -0.2) is 35.0 Å². The summed E-state index contributed by atoms with van der Waals surface area (Å²) in [5.74, 6) is 1.44. The second-order valence-electron chi connectivity index (χ2n) is 11.3. The first-order chi connectivity index (χ1) is 17.7. The molecule has 4 nitrogen and oxygen atoms in total. The van der Waals surface area contributed by atoms with Gasteiger partial charge in [0.05, 0.1) is 17.0 Å². The van der Waals surface area contributed by atoms with Crippen LogP contribution < -0.4 is 0 Å². The number of esters is 1. The van der Waals surface area contributed by atoms with Crippen LogP contribution in [0.2, 0.25) is 0 Å². The smallest absolute Gasteiger partial charge is 0.317 e. The van der Waals surface area contributed by atoms with E-state index in [1.807, 2.05) is 18.3 Å². The van der Waals surface area contributed by atoms with Gasteiger partial charge >= 0.3 is 5.97 Å². The van der Waals surface area contributed by atoms with Crippen LogP contribution in [-0.2, 0) is 14.9 Å². The van der Waals surface area contributed by atoms with Gasteiger partial charge in [-0.05, 0) is 61.8 Å². The van der Waals surface area contributed by atoms with Gasteiger partial charge in [0.15, 0.2) is 0 Å². The van der Waals surface area contributed by atoms with Crippen LogP contribution in [0.5, 0.6) is 0 Å². The van der Waals surface area contributed by atoms with Crippen molar-refractivity contribution in [1.82, 2.24) is 9.88 Å². The highest BCUT2D eigenvalue weighted by atomic mass is 16.5. The fourth-order valence-electron chi connectivity index (χ4n) is 7.42. The van der Waals surface area contributed by atoms with Gasteiger partial charge in [-0.15, -0.1) is 0 Å². The van der Waals surface area contributed by atoms with Crippen molar-refractivity contribution < 1.29 is 9.53 Å². The first kappa shape index (κ1) is 23.7. The Morgan fingerprint density at radius 2 is 1.83 bits per heavy atom. The number of aromatic nitrogens is 1. The Kier molecular flexibility index (Phi) is 6.55. The van der Waals surface area contributed by atoms with E-state index in [0.717, 1.165) is 79.1 Å². The molecule has 0 amide bonds. The molecule has 1 aromatic heterocycles. The van der Waals surface area contributed by atoms with Crippen molar-refractivity contribution in [3.8, 4) is 0 Å². The first-order valence-electron chi connectivity index (χ1n) is 14.0. The predicted molar refractivity (Wildman–Crippen MR) is 144 cm³/mol. The third-order valence-electron chi connectivity index (χ3n) is 9.46. The number of benzene rings is 2. The second kappa shape index (κ2) is 9.97. The third-order valence-corrected chi connectivity index (χ3v) is 9.46.